The van der Waals surface area contributed by atoms with E-state index in [1.54, 1.807) is 28.3 Å². The third-order valence-corrected chi connectivity index (χ3v) is 7.02. The van der Waals surface area contributed by atoms with Gasteiger partial charge in [-0.25, -0.2) is 0 Å². The van der Waals surface area contributed by atoms with Crippen LogP contribution in [0, 0.1) is 12.8 Å². The molecular formula is C26H34N2O4. The minimum atomic E-state index is 0.188. The Morgan fingerprint density at radius 3 is 2.34 bits per heavy atom. The topological polar surface area (TPSA) is 51.2 Å². The highest BCUT2D eigenvalue weighted by molar-refractivity contribution is 5.74. The molecule has 0 N–H and O–H groups in total. The van der Waals surface area contributed by atoms with Crippen molar-refractivity contribution in [2.75, 3.05) is 41.0 Å². The predicted molar refractivity (Wildman–Crippen MR) is 125 cm³/mol. The van der Waals surface area contributed by atoms with E-state index < -0.39 is 0 Å². The number of methoxy groups -OCH3 is 3. The molecule has 2 aliphatic heterocycles. The van der Waals surface area contributed by atoms with Gasteiger partial charge in [-0.15, -0.1) is 0 Å². The van der Waals surface area contributed by atoms with E-state index in [4.69, 9.17) is 14.2 Å². The molecule has 0 unspecified atom stereocenters. The molecule has 2 aliphatic rings. The summed E-state index contributed by atoms with van der Waals surface area (Å²) in [7, 11) is 4.92. The molecule has 6 heteroatoms. The van der Waals surface area contributed by atoms with Gasteiger partial charge in [-0.05, 0) is 36.6 Å². The molecule has 32 heavy (non-hydrogen) atoms. The first-order valence-corrected chi connectivity index (χ1v) is 11.3. The quantitative estimate of drug-likeness (QED) is 0.686. The first-order chi connectivity index (χ1) is 15.4. The standard InChI is InChI=1S/C26H34N2O4/c1-17-7-6-8-20(11-17)21-16-28(18(2)29)23-9-10-27(15-22(21)23)14-19-12-24(30-3)26(32-5)25(13-19)31-4/h6-8,11-13,21-23H,9-10,14-16H2,1-5H3/t21-,22-,23-/m0/s1. The molecule has 0 spiro atoms. The molecule has 3 atom stereocenters. The van der Waals surface area contributed by atoms with E-state index >= 15 is 0 Å². The smallest absolute Gasteiger partial charge is 0.219 e. The molecule has 2 aromatic carbocycles. The van der Waals surface area contributed by atoms with Gasteiger partial charge in [-0.1, -0.05) is 29.8 Å². The number of carbonyl (C=O) groups excluding carboxylic acids is 1. The number of nitrogens with zero attached hydrogens (tertiary/aromatic N) is 2. The minimum Gasteiger partial charge on any atom is -0.493 e. The summed E-state index contributed by atoms with van der Waals surface area (Å²) in [6, 6.07) is 13.1. The molecule has 2 heterocycles. The van der Waals surface area contributed by atoms with Crippen LogP contribution in [-0.4, -0.2) is 62.7 Å². The second-order valence-corrected chi connectivity index (χ2v) is 8.98. The molecule has 2 aromatic rings. The van der Waals surface area contributed by atoms with Crippen LogP contribution in [0.15, 0.2) is 36.4 Å². The van der Waals surface area contributed by atoms with Gasteiger partial charge < -0.3 is 19.1 Å². The fraction of sp³-hybridized carbons (Fsp3) is 0.500. The molecule has 1 amide bonds. The van der Waals surface area contributed by atoms with Gasteiger partial charge in [0.15, 0.2) is 11.5 Å². The number of likely N-dealkylation sites (tertiary alicyclic amines) is 2. The van der Waals surface area contributed by atoms with E-state index in [-0.39, 0.29) is 5.91 Å². The maximum absolute atomic E-state index is 12.4. The average Bonchev–Trinajstić information content (AvgIpc) is 3.17. The highest BCUT2D eigenvalue weighted by Gasteiger charge is 2.46. The Balaban J connectivity index is 1.57. The van der Waals surface area contributed by atoms with Crippen LogP contribution in [0.25, 0.3) is 0 Å². The molecule has 0 radical (unpaired) electrons. The summed E-state index contributed by atoms with van der Waals surface area (Å²) in [5.41, 5.74) is 3.75. The lowest BCUT2D eigenvalue weighted by atomic mass is 9.81. The lowest BCUT2D eigenvalue weighted by molar-refractivity contribution is -0.130. The zero-order valence-electron chi connectivity index (χ0n) is 19.8. The molecule has 172 valence electrons. The van der Waals surface area contributed by atoms with Crippen molar-refractivity contribution in [1.29, 1.82) is 0 Å². The van der Waals surface area contributed by atoms with Crippen molar-refractivity contribution in [3.63, 3.8) is 0 Å². The number of piperidine rings is 1. The average molecular weight is 439 g/mol. The molecule has 0 aromatic heterocycles. The van der Waals surface area contributed by atoms with Gasteiger partial charge in [-0.2, -0.15) is 0 Å². The largest absolute Gasteiger partial charge is 0.493 e. The van der Waals surface area contributed by atoms with Gasteiger partial charge in [0, 0.05) is 51.0 Å². The Hall–Kier alpha value is -2.73. The summed E-state index contributed by atoms with van der Waals surface area (Å²) in [4.78, 5) is 17.0. The van der Waals surface area contributed by atoms with Crippen molar-refractivity contribution < 1.29 is 19.0 Å². The normalized spacial score (nSPS) is 23.0. The molecular weight excluding hydrogens is 404 g/mol. The zero-order chi connectivity index (χ0) is 22.8. The van der Waals surface area contributed by atoms with Gasteiger partial charge in [0.05, 0.1) is 21.3 Å². The van der Waals surface area contributed by atoms with Crippen molar-refractivity contribution >= 4 is 5.91 Å². The SMILES string of the molecule is COc1cc(CN2CC[C@H]3[C@@H](C2)[C@H](c2cccc(C)c2)CN3C(C)=O)cc(OC)c1OC. The van der Waals surface area contributed by atoms with Crippen molar-refractivity contribution in [3.05, 3.63) is 53.1 Å². The number of benzene rings is 2. The molecule has 4 rings (SSSR count). The first-order valence-electron chi connectivity index (χ1n) is 11.3. The van der Waals surface area contributed by atoms with Crippen LogP contribution in [0.1, 0.15) is 36.0 Å². The Bertz CT molecular complexity index is 951. The van der Waals surface area contributed by atoms with Crippen LogP contribution in [0.4, 0.5) is 0 Å². The lowest BCUT2D eigenvalue weighted by Gasteiger charge is -2.39. The summed E-state index contributed by atoms with van der Waals surface area (Å²) in [5, 5.41) is 0. The molecule has 0 aliphatic carbocycles. The monoisotopic (exact) mass is 438 g/mol. The second-order valence-electron chi connectivity index (χ2n) is 8.98. The molecule has 2 saturated heterocycles. The Labute approximate surface area is 191 Å². The molecule has 2 fully saturated rings. The van der Waals surface area contributed by atoms with Gasteiger partial charge in [0.25, 0.3) is 0 Å². The fourth-order valence-electron chi connectivity index (χ4n) is 5.55. The Morgan fingerprint density at radius 2 is 1.75 bits per heavy atom. The molecule has 6 nitrogen and oxygen atoms in total. The van der Waals surface area contributed by atoms with Crippen molar-refractivity contribution in [2.24, 2.45) is 5.92 Å². The summed E-state index contributed by atoms with van der Waals surface area (Å²) in [6.45, 7) is 7.38. The second kappa shape index (κ2) is 9.41. The minimum absolute atomic E-state index is 0.188. The van der Waals surface area contributed by atoms with Crippen molar-refractivity contribution in [2.45, 2.75) is 38.8 Å². The van der Waals surface area contributed by atoms with Crippen LogP contribution in [0.3, 0.4) is 0 Å². The number of ether oxygens (including phenoxy) is 3. The van der Waals surface area contributed by atoms with E-state index in [0.717, 1.165) is 38.2 Å². The van der Waals surface area contributed by atoms with E-state index in [0.29, 0.717) is 35.1 Å². The van der Waals surface area contributed by atoms with Crippen LogP contribution in [0.5, 0.6) is 17.2 Å². The van der Waals surface area contributed by atoms with Crippen LogP contribution >= 0.6 is 0 Å². The number of carbonyl (C=O) groups is 1. The van der Waals surface area contributed by atoms with Crippen molar-refractivity contribution in [3.8, 4) is 17.2 Å². The fourth-order valence-corrected chi connectivity index (χ4v) is 5.55. The summed E-state index contributed by atoms with van der Waals surface area (Å²) < 4.78 is 16.5. The van der Waals surface area contributed by atoms with Crippen LogP contribution in [-0.2, 0) is 11.3 Å². The maximum atomic E-state index is 12.4. The van der Waals surface area contributed by atoms with E-state index in [9.17, 15) is 4.79 Å². The van der Waals surface area contributed by atoms with Gasteiger partial charge >= 0.3 is 0 Å². The van der Waals surface area contributed by atoms with E-state index in [1.807, 2.05) is 12.1 Å². The predicted octanol–water partition coefficient (Wildman–Crippen LogP) is 3.86. The number of hydrogen-bond donors (Lipinski definition) is 0. The van der Waals surface area contributed by atoms with Crippen LogP contribution in [0.2, 0.25) is 0 Å². The molecule has 0 bridgehead atoms. The van der Waals surface area contributed by atoms with Crippen molar-refractivity contribution in [1.82, 2.24) is 9.80 Å². The number of aryl methyl sites for hydroxylation is 1. The highest BCUT2D eigenvalue weighted by atomic mass is 16.5. The summed E-state index contributed by atoms with van der Waals surface area (Å²) in [5.74, 6) is 2.96. The summed E-state index contributed by atoms with van der Waals surface area (Å²) >= 11 is 0. The Kier molecular flexibility index (Phi) is 6.60. The van der Waals surface area contributed by atoms with E-state index in [2.05, 4.69) is 41.0 Å². The number of hydrogen-bond acceptors (Lipinski definition) is 5. The number of rotatable bonds is 6. The summed E-state index contributed by atoms with van der Waals surface area (Å²) in [6.07, 6.45) is 0.997. The highest BCUT2D eigenvalue weighted by Crippen LogP contribution is 2.43. The Morgan fingerprint density at radius 1 is 1.03 bits per heavy atom. The molecule has 0 saturated carbocycles. The van der Waals surface area contributed by atoms with Gasteiger partial charge in [0.2, 0.25) is 11.7 Å². The van der Waals surface area contributed by atoms with Crippen LogP contribution < -0.4 is 14.2 Å². The third kappa shape index (κ3) is 4.29. The number of amides is 1. The number of fused-ring (bicyclic) bond motifs is 1. The lowest BCUT2D eigenvalue weighted by Crippen LogP contribution is -2.47. The maximum Gasteiger partial charge on any atom is 0.219 e. The van der Waals surface area contributed by atoms with E-state index in [1.165, 1.54) is 11.1 Å². The van der Waals surface area contributed by atoms with Gasteiger partial charge in [0.1, 0.15) is 0 Å². The zero-order valence-corrected chi connectivity index (χ0v) is 19.8. The third-order valence-electron chi connectivity index (χ3n) is 7.02. The first kappa shape index (κ1) is 22.5. The van der Waals surface area contributed by atoms with Gasteiger partial charge in [-0.3, -0.25) is 9.69 Å².